The molecule has 104 valence electrons. The van der Waals surface area contributed by atoms with Crippen molar-refractivity contribution in [1.82, 2.24) is 0 Å². The number of thiophene rings is 1. The summed E-state index contributed by atoms with van der Waals surface area (Å²) in [6, 6.07) is 10.2. The zero-order chi connectivity index (χ0) is 14.8. The SMILES string of the molecule is O=Cc1ccc(-c2cc(-c3ccsc3)ccc2C(=O)O)o1. The monoisotopic (exact) mass is 298 g/mol. The van der Waals surface area contributed by atoms with Crippen LogP contribution < -0.4 is 0 Å². The van der Waals surface area contributed by atoms with E-state index in [2.05, 4.69) is 0 Å². The molecule has 2 aromatic heterocycles. The summed E-state index contributed by atoms with van der Waals surface area (Å²) >= 11 is 1.57. The van der Waals surface area contributed by atoms with Crippen LogP contribution >= 0.6 is 11.3 Å². The third kappa shape index (κ3) is 2.51. The summed E-state index contributed by atoms with van der Waals surface area (Å²) in [6.45, 7) is 0. The summed E-state index contributed by atoms with van der Waals surface area (Å²) in [5.41, 5.74) is 2.51. The first-order valence-corrected chi connectivity index (χ1v) is 7.08. The van der Waals surface area contributed by atoms with E-state index in [0.717, 1.165) is 11.1 Å². The van der Waals surface area contributed by atoms with Crippen LogP contribution in [0.1, 0.15) is 20.9 Å². The van der Waals surface area contributed by atoms with Crippen molar-refractivity contribution < 1.29 is 19.1 Å². The molecule has 0 aliphatic heterocycles. The molecule has 0 atom stereocenters. The molecule has 5 heteroatoms. The van der Waals surface area contributed by atoms with Crippen LogP contribution in [0.4, 0.5) is 0 Å². The number of hydrogen-bond donors (Lipinski definition) is 1. The maximum Gasteiger partial charge on any atom is 0.336 e. The average molecular weight is 298 g/mol. The summed E-state index contributed by atoms with van der Waals surface area (Å²) in [6.07, 6.45) is 0.590. The second-order valence-electron chi connectivity index (χ2n) is 4.40. The molecule has 0 fully saturated rings. The number of furan rings is 1. The van der Waals surface area contributed by atoms with Crippen molar-refractivity contribution in [1.29, 1.82) is 0 Å². The van der Waals surface area contributed by atoms with Gasteiger partial charge >= 0.3 is 5.97 Å². The Morgan fingerprint density at radius 3 is 2.62 bits per heavy atom. The van der Waals surface area contributed by atoms with Gasteiger partial charge in [-0.25, -0.2) is 4.79 Å². The molecular formula is C16H10O4S. The third-order valence-electron chi connectivity index (χ3n) is 3.11. The van der Waals surface area contributed by atoms with Crippen LogP contribution in [0.25, 0.3) is 22.5 Å². The maximum absolute atomic E-state index is 11.4. The Kier molecular flexibility index (Phi) is 3.41. The summed E-state index contributed by atoms with van der Waals surface area (Å²) in [5.74, 6) is -0.500. The largest absolute Gasteiger partial charge is 0.478 e. The number of hydrogen-bond acceptors (Lipinski definition) is 4. The zero-order valence-corrected chi connectivity index (χ0v) is 11.6. The maximum atomic E-state index is 11.4. The number of aromatic carboxylic acids is 1. The fourth-order valence-electron chi connectivity index (χ4n) is 2.10. The molecule has 0 unspecified atom stereocenters. The van der Waals surface area contributed by atoms with E-state index in [4.69, 9.17) is 4.42 Å². The van der Waals surface area contributed by atoms with Crippen molar-refractivity contribution in [3.63, 3.8) is 0 Å². The number of carboxylic acid groups (broad SMARTS) is 1. The second kappa shape index (κ2) is 5.38. The highest BCUT2D eigenvalue weighted by molar-refractivity contribution is 7.08. The molecule has 0 radical (unpaired) electrons. The van der Waals surface area contributed by atoms with Crippen molar-refractivity contribution in [2.45, 2.75) is 0 Å². The number of carbonyl (C=O) groups is 2. The lowest BCUT2D eigenvalue weighted by molar-refractivity contribution is 0.0697. The molecule has 0 bridgehead atoms. The van der Waals surface area contributed by atoms with Gasteiger partial charge in [0, 0.05) is 5.56 Å². The van der Waals surface area contributed by atoms with Crippen LogP contribution in [0.2, 0.25) is 0 Å². The quantitative estimate of drug-likeness (QED) is 0.733. The van der Waals surface area contributed by atoms with Gasteiger partial charge in [0.05, 0.1) is 5.56 Å². The minimum atomic E-state index is -1.04. The Hall–Kier alpha value is -2.66. The van der Waals surface area contributed by atoms with Crippen LogP contribution in [0, 0.1) is 0 Å². The van der Waals surface area contributed by atoms with Crippen LogP contribution in [-0.2, 0) is 0 Å². The zero-order valence-electron chi connectivity index (χ0n) is 10.8. The highest BCUT2D eigenvalue weighted by atomic mass is 32.1. The lowest BCUT2D eigenvalue weighted by Crippen LogP contribution is -1.99. The van der Waals surface area contributed by atoms with E-state index in [-0.39, 0.29) is 11.3 Å². The molecule has 0 amide bonds. The van der Waals surface area contributed by atoms with E-state index in [9.17, 15) is 14.7 Å². The normalized spacial score (nSPS) is 10.5. The van der Waals surface area contributed by atoms with Gasteiger partial charge in [0.15, 0.2) is 12.0 Å². The van der Waals surface area contributed by atoms with Gasteiger partial charge in [-0.15, -0.1) is 0 Å². The van der Waals surface area contributed by atoms with Gasteiger partial charge in [0.2, 0.25) is 0 Å². The number of rotatable bonds is 4. The molecular weight excluding hydrogens is 288 g/mol. The van der Waals surface area contributed by atoms with Gasteiger partial charge in [0.25, 0.3) is 0 Å². The molecule has 0 saturated heterocycles. The predicted molar refractivity (Wildman–Crippen MR) is 79.8 cm³/mol. The third-order valence-corrected chi connectivity index (χ3v) is 3.80. The Balaban J connectivity index is 2.17. The van der Waals surface area contributed by atoms with E-state index in [0.29, 0.717) is 17.6 Å². The summed E-state index contributed by atoms with van der Waals surface area (Å²) < 4.78 is 5.35. The molecule has 3 aromatic rings. The van der Waals surface area contributed by atoms with Crippen molar-refractivity contribution in [2.24, 2.45) is 0 Å². The van der Waals surface area contributed by atoms with Crippen LogP contribution in [0.15, 0.2) is 51.6 Å². The number of benzene rings is 1. The van der Waals surface area contributed by atoms with Gasteiger partial charge < -0.3 is 9.52 Å². The van der Waals surface area contributed by atoms with Crippen LogP contribution in [0.5, 0.6) is 0 Å². The molecule has 0 aliphatic rings. The number of aldehydes is 1. The molecule has 0 spiro atoms. The van der Waals surface area contributed by atoms with Crippen LogP contribution in [-0.4, -0.2) is 17.4 Å². The summed E-state index contributed by atoms with van der Waals surface area (Å²) in [4.78, 5) is 22.1. The minimum Gasteiger partial charge on any atom is -0.478 e. The predicted octanol–water partition coefficient (Wildman–Crippen LogP) is 4.19. The molecule has 1 aromatic carbocycles. The van der Waals surface area contributed by atoms with Gasteiger partial charge in [-0.05, 0) is 52.2 Å². The van der Waals surface area contributed by atoms with Gasteiger partial charge in [-0.3, -0.25) is 4.79 Å². The first kappa shape index (κ1) is 13.3. The average Bonchev–Trinajstić information content (AvgIpc) is 3.18. The highest BCUT2D eigenvalue weighted by Crippen LogP contribution is 2.31. The van der Waals surface area contributed by atoms with Crippen molar-refractivity contribution in [2.75, 3.05) is 0 Å². The second-order valence-corrected chi connectivity index (χ2v) is 5.18. The lowest BCUT2D eigenvalue weighted by atomic mass is 9.99. The molecule has 1 N–H and O–H groups in total. The summed E-state index contributed by atoms with van der Waals surface area (Å²) in [7, 11) is 0. The number of carbonyl (C=O) groups excluding carboxylic acids is 1. The minimum absolute atomic E-state index is 0.140. The fourth-order valence-corrected chi connectivity index (χ4v) is 2.77. The molecule has 4 nitrogen and oxygen atoms in total. The van der Waals surface area contributed by atoms with Gasteiger partial charge in [-0.1, -0.05) is 6.07 Å². The first-order chi connectivity index (χ1) is 10.2. The molecule has 3 rings (SSSR count). The number of carboxylic acids is 1. The highest BCUT2D eigenvalue weighted by Gasteiger charge is 2.16. The van der Waals surface area contributed by atoms with Crippen LogP contribution in [0.3, 0.4) is 0 Å². The first-order valence-electron chi connectivity index (χ1n) is 6.14. The topological polar surface area (TPSA) is 67.5 Å². The van der Waals surface area contributed by atoms with E-state index < -0.39 is 5.97 Å². The Morgan fingerprint density at radius 2 is 2.00 bits per heavy atom. The van der Waals surface area contributed by atoms with Crippen molar-refractivity contribution in [3.8, 4) is 22.5 Å². The van der Waals surface area contributed by atoms with Gasteiger partial charge in [0.1, 0.15) is 5.76 Å². The molecule has 21 heavy (non-hydrogen) atoms. The van der Waals surface area contributed by atoms with E-state index in [1.54, 1.807) is 35.6 Å². The van der Waals surface area contributed by atoms with E-state index >= 15 is 0 Å². The standard InChI is InChI=1S/C16H10O4S/c17-8-12-2-4-15(20-12)14-7-10(11-5-6-21-9-11)1-3-13(14)16(18)19/h1-9H,(H,18,19). The van der Waals surface area contributed by atoms with Crippen molar-refractivity contribution in [3.05, 3.63) is 58.5 Å². The molecule has 0 saturated carbocycles. The Morgan fingerprint density at radius 1 is 1.14 bits per heavy atom. The molecule has 2 heterocycles. The molecule has 0 aliphatic carbocycles. The van der Waals surface area contributed by atoms with Gasteiger partial charge in [-0.2, -0.15) is 11.3 Å². The Bertz CT molecular complexity index is 800. The smallest absolute Gasteiger partial charge is 0.336 e. The fraction of sp³-hybridized carbons (Fsp3) is 0. The van der Waals surface area contributed by atoms with Crippen molar-refractivity contribution >= 4 is 23.6 Å². The summed E-state index contributed by atoms with van der Waals surface area (Å²) in [5, 5.41) is 13.2. The Labute approximate surface area is 124 Å². The lowest BCUT2D eigenvalue weighted by Gasteiger charge is -2.06. The van der Waals surface area contributed by atoms with E-state index in [1.165, 1.54) is 6.07 Å². The van der Waals surface area contributed by atoms with E-state index in [1.807, 2.05) is 16.8 Å².